The van der Waals surface area contributed by atoms with E-state index >= 15 is 0 Å². The molecule has 138 valence electrons. The van der Waals surface area contributed by atoms with Gasteiger partial charge in [-0.2, -0.15) is 0 Å². The minimum atomic E-state index is -0.482. The molecule has 2 aromatic rings. The minimum Gasteiger partial charge on any atom is -0.291 e. The van der Waals surface area contributed by atoms with Gasteiger partial charge in [-0.15, -0.1) is 0 Å². The van der Waals surface area contributed by atoms with Gasteiger partial charge in [0.05, 0.1) is 0 Å². The first-order chi connectivity index (χ1) is 12.6. The molecule has 1 heterocycles. The van der Waals surface area contributed by atoms with Crippen LogP contribution in [0, 0.1) is 0 Å². The third-order valence-electron chi connectivity index (χ3n) is 4.73. The van der Waals surface area contributed by atoms with Gasteiger partial charge in [0.2, 0.25) is 0 Å². The maximum absolute atomic E-state index is 11.4. The fourth-order valence-corrected chi connectivity index (χ4v) is 4.52. The Kier molecular flexibility index (Phi) is 6.32. The molecular weight excluding hydrogens is 346 g/mol. The standard InChI is InChI=1S/C20H25N3O2S/c1-15-12-22(26-19-6-4-3-5-7-19)13-16(2)23(15)14-17-8-10-18(11-9-17)20(24)21-25/h3-11,15-16,25H,12-14H2,1-2H3,(H,21,24). The third-order valence-corrected chi connectivity index (χ3v) is 5.77. The van der Waals surface area contributed by atoms with Crippen molar-refractivity contribution in [2.24, 2.45) is 0 Å². The molecule has 5 nitrogen and oxygen atoms in total. The second kappa shape index (κ2) is 8.68. The molecular formula is C20H25N3O2S. The van der Waals surface area contributed by atoms with Crippen LogP contribution < -0.4 is 5.48 Å². The molecule has 0 radical (unpaired) electrons. The molecule has 2 atom stereocenters. The monoisotopic (exact) mass is 371 g/mol. The smallest absolute Gasteiger partial charge is 0.274 e. The molecule has 1 aliphatic rings. The molecule has 3 rings (SSSR count). The topological polar surface area (TPSA) is 55.8 Å². The van der Waals surface area contributed by atoms with E-state index in [9.17, 15) is 4.79 Å². The molecule has 2 N–H and O–H groups in total. The van der Waals surface area contributed by atoms with Crippen molar-refractivity contribution in [3.63, 3.8) is 0 Å². The summed E-state index contributed by atoms with van der Waals surface area (Å²) in [5.41, 5.74) is 3.29. The van der Waals surface area contributed by atoms with E-state index < -0.39 is 5.91 Å². The predicted octanol–water partition coefficient (Wildman–Crippen LogP) is 3.41. The van der Waals surface area contributed by atoms with Crippen LogP contribution in [0.4, 0.5) is 0 Å². The molecule has 2 unspecified atom stereocenters. The fourth-order valence-electron chi connectivity index (χ4n) is 3.36. The van der Waals surface area contributed by atoms with E-state index in [0.717, 1.165) is 19.6 Å². The molecule has 1 aliphatic heterocycles. The highest BCUT2D eigenvalue weighted by atomic mass is 32.2. The highest BCUT2D eigenvalue weighted by Crippen LogP contribution is 2.28. The molecule has 6 heteroatoms. The number of benzene rings is 2. The molecule has 0 aliphatic carbocycles. The Bertz CT molecular complexity index is 712. The van der Waals surface area contributed by atoms with Gasteiger partial charge in [0.25, 0.3) is 5.91 Å². The van der Waals surface area contributed by atoms with E-state index in [2.05, 4.69) is 47.3 Å². The third kappa shape index (κ3) is 4.65. The van der Waals surface area contributed by atoms with Crippen LogP contribution in [0.5, 0.6) is 0 Å². The molecule has 2 aromatic carbocycles. The number of nitrogens with zero attached hydrogens (tertiary/aromatic N) is 2. The van der Waals surface area contributed by atoms with Crippen LogP contribution in [-0.2, 0) is 6.54 Å². The van der Waals surface area contributed by atoms with Crippen LogP contribution in [0.2, 0.25) is 0 Å². The Morgan fingerprint density at radius 2 is 1.69 bits per heavy atom. The summed E-state index contributed by atoms with van der Waals surface area (Å²) >= 11 is 1.83. The van der Waals surface area contributed by atoms with Gasteiger partial charge >= 0.3 is 0 Å². The summed E-state index contributed by atoms with van der Waals surface area (Å²) in [4.78, 5) is 15.2. The van der Waals surface area contributed by atoms with Crippen LogP contribution in [0.3, 0.4) is 0 Å². The van der Waals surface area contributed by atoms with Gasteiger partial charge in [-0.3, -0.25) is 14.9 Å². The number of hydrogen-bond acceptors (Lipinski definition) is 5. The van der Waals surface area contributed by atoms with E-state index in [-0.39, 0.29) is 0 Å². The van der Waals surface area contributed by atoms with Gasteiger partial charge < -0.3 is 0 Å². The number of piperazine rings is 1. The highest BCUT2D eigenvalue weighted by Gasteiger charge is 2.29. The van der Waals surface area contributed by atoms with Crippen molar-refractivity contribution >= 4 is 17.9 Å². The first-order valence-electron chi connectivity index (χ1n) is 8.84. The second-order valence-electron chi connectivity index (χ2n) is 6.76. The van der Waals surface area contributed by atoms with Crippen molar-refractivity contribution in [2.75, 3.05) is 13.1 Å². The zero-order valence-electron chi connectivity index (χ0n) is 15.1. The van der Waals surface area contributed by atoms with Crippen molar-refractivity contribution in [3.8, 4) is 0 Å². The van der Waals surface area contributed by atoms with E-state index in [4.69, 9.17) is 5.21 Å². The summed E-state index contributed by atoms with van der Waals surface area (Å²) in [5, 5.41) is 8.70. The maximum atomic E-state index is 11.4. The van der Waals surface area contributed by atoms with Crippen molar-refractivity contribution in [2.45, 2.75) is 37.4 Å². The van der Waals surface area contributed by atoms with Crippen molar-refractivity contribution in [1.29, 1.82) is 0 Å². The lowest BCUT2D eigenvalue weighted by Crippen LogP contribution is -2.54. The largest absolute Gasteiger partial charge is 0.291 e. The Morgan fingerprint density at radius 1 is 1.08 bits per heavy atom. The molecule has 1 amide bonds. The first-order valence-corrected chi connectivity index (χ1v) is 9.61. The zero-order valence-corrected chi connectivity index (χ0v) is 15.9. The molecule has 0 aromatic heterocycles. The quantitative estimate of drug-likeness (QED) is 0.479. The van der Waals surface area contributed by atoms with Crippen LogP contribution >= 0.6 is 11.9 Å². The summed E-state index contributed by atoms with van der Waals surface area (Å²) in [5.74, 6) is -0.482. The summed E-state index contributed by atoms with van der Waals surface area (Å²) in [6.45, 7) is 7.40. The fraction of sp³-hybridized carbons (Fsp3) is 0.350. The molecule has 0 saturated carbocycles. The number of carbonyl (C=O) groups excluding carboxylic acids is 1. The van der Waals surface area contributed by atoms with Gasteiger partial charge in [0.15, 0.2) is 0 Å². The SMILES string of the molecule is CC1CN(Sc2ccccc2)CC(C)N1Cc1ccc(C(=O)NO)cc1. The summed E-state index contributed by atoms with van der Waals surface area (Å²) < 4.78 is 2.44. The average molecular weight is 372 g/mol. The summed E-state index contributed by atoms with van der Waals surface area (Å²) in [6.07, 6.45) is 0. The molecule has 0 spiro atoms. The number of amides is 1. The summed E-state index contributed by atoms with van der Waals surface area (Å²) in [7, 11) is 0. The normalized spacial score (nSPS) is 21.5. The summed E-state index contributed by atoms with van der Waals surface area (Å²) in [6, 6.07) is 18.8. The van der Waals surface area contributed by atoms with E-state index in [0.29, 0.717) is 17.6 Å². The van der Waals surface area contributed by atoms with Gasteiger partial charge in [-0.1, -0.05) is 30.3 Å². The lowest BCUT2D eigenvalue weighted by molar-refractivity contribution is 0.0705. The van der Waals surface area contributed by atoms with Crippen molar-refractivity contribution < 1.29 is 10.0 Å². The zero-order chi connectivity index (χ0) is 18.5. The number of rotatable bonds is 5. The number of nitrogens with one attached hydrogen (secondary N) is 1. The lowest BCUT2D eigenvalue weighted by Gasteiger charge is -2.44. The van der Waals surface area contributed by atoms with Gasteiger partial charge in [-0.05, 0) is 55.6 Å². The Balaban J connectivity index is 1.60. The molecule has 1 saturated heterocycles. The molecule has 0 bridgehead atoms. The van der Waals surface area contributed by atoms with Crippen LogP contribution in [0.25, 0.3) is 0 Å². The minimum absolute atomic E-state index is 0.440. The van der Waals surface area contributed by atoms with Crippen molar-refractivity contribution in [3.05, 3.63) is 65.7 Å². The Labute approximate surface area is 159 Å². The second-order valence-corrected chi connectivity index (χ2v) is 7.93. The van der Waals surface area contributed by atoms with E-state index in [1.54, 1.807) is 17.6 Å². The highest BCUT2D eigenvalue weighted by molar-refractivity contribution is 7.97. The Morgan fingerprint density at radius 3 is 2.27 bits per heavy atom. The molecule has 26 heavy (non-hydrogen) atoms. The van der Waals surface area contributed by atoms with Crippen molar-refractivity contribution in [1.82, 2.24) is 14.7 Å². The van der Waals surface area contributed by atoms with E-state index in [1.807, 2.05) is 30.1 Å². The van der Waals surface area contributed by atoms with Crippen LogP contribution in [0.1, 0.15) is 29.8 Å². The number of hydrogen-bond donors (Lipinski definition) is 2. The number of carbonyl (C=O) groups is 1. The lowest BCUT2D eigenvalue weighted by atomic mass is 10.1. The average Bonchev–Trinajstić information content (AvgIpc) is 2.65. The predicted molar refractivity (Wildman–Crippen MR) is 104 cm³/mol. The van der Waals surface area contributed by atoms with Gasteiger partial charge in [0, 0.05) is 42.2 Å². The van der Waals surface area contributed by atoms with Gasteiger partial charge in [-0.25, -0.2) is 9.79 Å². The van der Waals surface area contributed by atoms with Crippen LogP contribution in [0.15, 0.2) is 59.5 Å². The van der Waals surface area contributed by atoms with Gasteiger partial charge in [0.1, 0.15) is 0 Å². The maximum Gasteiger partial charge on any atom is 0.274 e. The van der Waals surface area contributed by atoms with Crippen LogP contribution in [-0.4, -0.2) is 45.5 Å². The number of hydroxylamine groups is 1. The van der Waals surface area contributed by atoms with E-state index in [1.165, 1.54) is 10.5 Å². The molecule has 1 fully saturated rings. The first kappa shape index (κ1) is 18.9. The Hall–Kier alpha value is -1.86.